The van der Waals surface area contributed by atoms with Gasteiger partial charge in [-0.3, -0.25) is 0 Å². The molecular weight excluding hydrogens is 266 g/mol. The second-order valence-electron chi connectivity index (χ2n) is 5.43. The summed E-state index contributed by atoms with van der Waals surface area (Å²) in [5.41, 5.74) is 3.97. The maximum absolute atomic E-state index is 3.66. The quantitative estimate of drug-likeness (QED) is 0.851. The largest absolute Gasteiger partial charge is 0.310 e. The molecule has 0 radical (unpaired) electrons. The van der Waals surface area contributed by atoms with Crippen LogP contribution in [0.25, 0.3) is 11.1 Å². The third kappa shape index (κ3) is 3.84. The van der Waals surface area contributed by atoms with Gasteiger partial charge in [-0.1, -0.05) is 67.4 Å². The van der Waals surface area contributed by atoms with Gasteiger partial charge in [0.1, 0.15) is 0 Å². The van der Waals surface area contributed by atoms with Crippen LogP contribution < -0.4 is 5.32 Å². The van der Waals surface area contributed by atoms with Crippen molar-refractivity contribution in [3.05, 3.63) is 60.2 Å². The van der Waals surface area contributed by atoms with Crippen molar-refractivity contribution in [3.63, 3.8) is 0 Å². The predicted octanol–water partition coefficient (Wildman–Crippen LogP) is 4.81. The number of rotatable bonds is 4. The van der Waals surface area contributed by atoms with Crippen LogP contribution in [0.2, 0.25) is 0 Å². The number of halogens is 1. The highest BCUT2D eigenvalue weighted by molar-refractivity contribution is 5.85. The molecule has 106 valence electrons. The van der Waals surface area contributed by atoms with Crippen LogP contribution in [0.5, 0.6) is 0 Å². The van der Waals surface area contributed by atoms with E-state index in [1.165, 1.54) is 42.4 Å². The first-order valence-electron chi connectivity index (χ1n) is 7.29. The Hall–Kier alpha value is -1.31. The van der Waals surface area contributed by atoms with Crippen molar-refractivity contribution in [1.82, 2.24) is 5.32 Å². The molecule has 1 aliphatic rings. The van der Waals surface area contributed by atoms with Gasteiger partial charge < -0.3 is 5.32 Å². The van der Waals surface area contributed by atoms with Gasteiger partial charge in [0.2, 0.25) is 0 Å². The van der Waals surface area contributed by atoms with Crippen molar-refractivity contribution in [2.75, 3.05) is 0 Å². The lowest BCUT2D eigenvalue weighted by atomic mass is 10.0. The standard InChI is InChI=1S/C18H21N.ClH/c1-2-6-16(7-3-1)17-12-10-15(11-13-17)14-19-18-8-4-5-9-18;/h1-3,6-7,10-13,18-19H,4-5,8-9,14H2;1H. The van der Waals surface area contributed by atoms with Gasteiger partial charge in [0, 0.05) is 12.6 Å². The van der Waals surface area contributed by atoms with Crippen LogP contribution in [0.15, 0.2) is 54.6 Å². The molecule has 0 aliphatic heterocycles. The molecule has 0 spiro atoms. The first-order valence-corrected chi connectivity index (χ1v) is 7.29. The van der Waals surface area contributed by atoms with Crippen LogP contribution in [0, 0.1) is 0 Å². The molecular formula is C18H22ClN. The first-order chi connectivity index (χ1) is 9.42. The number of hydrogen-bond acceptors (Lipinski definition) is 1. The van der Waals surface area contributed by atoms with Gasteiger partial charge in [-0.25, -0.2) is 0 Å². The Bertz CT molecular complexity index is 501. The summed E-state index contributed by atoms with van der Waals surface area (Å²) in [5.74, 6) is 0. The molecule has 0 amide bonds. The van der Waals surface area contributed by atoms with Gasteiger partial charge >= 0.3 is 0 Å². The molecule has 2 aromatic carbocycles. The van der Waals surface area contributed by atoms with E-state index in [-0.39, 0.29) is 12.4 Å². The SMILES string of the molecule is Cl.c1ccc(-c2ccc(CNC3CCCC3)cc2)cc1. The zero-order valence-electron chi connectivity index (χ0n) is 11.7. The number of nitrogens with one attached hydrogen (secondary N) is 1. The first kappa shape index (κ1) is 15.1. The fourth-order valence-corrected chi connectivity index (χ4v) is 2.84. The summed E-state index contributed by atoms with van der Waals surface area (Å²) in [6.07, 6.45) is 5.49. The average molecular weight is 288 g/mol. The Kier molecular flexibility index (Phi) is 5.63. The summed E-state index contributed by atoms with van der Waals surface area (Å²) in [6, 6.07) is 20.2. The Morgan fingerprint density at radius 3 is 2.05 bits per heavy atom. The van der Waals surface area contributed by atoms with Crippen molar-refractivity contribution in [2.45, 2.75) is 38.3 Å². The van der Waals surface area contributed by atoms with E-state index in [4.69, 9.17) is 0 Å². The molecule has 1 fully saturated rings. The molecule has 1 nitrogen and oxygen atoms in total. The molecule has 0 aromatic heterocycles. The summed E-state index contributed by atoms with van der Waals surface area (Å²) >= 11 is 0. The van der Waals surface area contributed by atoms with Gasteiger partial charge in [0.15, 0.2) is 0 Å². The highest BCUT2D eigenvalue weighted by Crippen LogP contribution is 2.20. The molecule has 0 saturated heterocycles. The smallest absolute Gasteiger partial charge is 0.0208 e. The number of hydrogen-bond donors (Lipinski definition) is 1. The van der Waals surface area contributed by atoms with Crippen LogP contribution >= 0.6 is 12.4 Å². The molecule has 1 N–H and O–H groups in total. The van der Waals surface area contributed by atoms with Crippen LogP contribution in [-0.4, -0.2) is 6.04 Å². The molecule has 1 saturated carbocycles. The summed E-state index contributed by atoms with van der Waals surface area (Å²) in [4.78, 5) is 0. The lowest BCUT2D eigenvalue weighted by Gasteiger charge is -2.12. The normalized spacial score (nSPS) is 15.0. The van der Waals surface area contributed by atoms with E-state index >= 15 is 0 Å². The fourth-order valence-electron chi connectivity index (χ4n) is 2.84. The molecule has 3 rings (SSSR count). The fraction of sp³-hybridized carbons (Fsp3) is 0.333. The van der Waals surface area contributed by atoms with E-state index in [2.05, 4.69) is 59.9 Å². The van der Waals surface area contributed by atoms with Crippen LogP contribution in [-0.2, 0) is 6.54 Å². The van der Waals surface area contributed by atoms with Crippen molar-refractivity contribution in [1.29, 1.82) is 0 Å². The van der Waals surface area contributed by atoms with Crippen LogP contribution in [0.1, 0.15) is 31.2 Å². The monoisotopic (exact) mass is 287 g/mol. The molecule has 2 heteroatoms. The van der Waals surface area contributed by atoms with Crippen molar-refractivity contribution in [3.8, 4) is 11.1 Å². The molecule has 20 heavy (non-hydrogen) atoms. The number of benzene rings is 2. The third-order valence-corrected chi connectivity index (χ3v) is 4.01. The molecule has 0 unspecified atom stereocenters. The zero-order valence-corrected chi connectivity index (χ0v) is 12.5. The molecule has 2 aromatic rings. The van der Waals surface area contributed by atoms with Gasteiger partial charge in [-0.2, -0.15) is 0 Å². The maximum atomic E-state index is 3.66. The van der Waals surface area contributed by atoms with Gasteiger partial charge in [0.25, 0.3) is 0 Å². The highest BCUT2D eigenvalue weighted by Gasteiger charge is 2.13. The molecule has 0 bridgehead atoms. The second-order valence-corrected chi connectivity index (χ2v) is 5.43. The van der Waals surface area contributed by atoms with Gasteiger partial charge in [-0.15, -0.1) is 12.4 Å². The minimum atomic E-state index is 0. The second kappa shape index (κ2) is 7.47. The summed E-state index contributed by atoms with van der Waals surface area (Å²) < 4.78 is 0. The summed E-state index contributed by atoms with van der Waals surface area (Å²) in [6.45, 7) is 1.000. The zero-order chi connectivity index (χ0) is 12.9. The Morgan fingerprint density at radius 2 is 1.40 bits per heavy atom. The van der Waals surface area contributed by atoms with Crippen LogP contribution in [0.3, 0.4) is 0 Å². The average Bonchev–Trinajstić information content (AvgIpc) is 3.00. The van der Waals surface area contributed by atoms with Crippen molar-refractivity contribution < 1.29 is 0 Å². The maximum Gasteiger partial charge on any atom is 0.0208 e. The van der Waals surface area contributed by atoms with E-state index in [1.807, 2.05) is 0 Å². The highest BCUT2D eigenvalue weighted by atomic mass is 35.5. The van der Waals surface area contributed by atoms with Gasteiger partial charge in [0.05, 0.1) is 0 Å². The topological polar surface area (TPSA) is 12.0 Å². The Balaban J connectivity index is 0.00000147. The summed E-state index contributed by atoms with van der Waals surface area (Å²) in [5, 5.41) is 3.66. The summed E-state index contributed by atoms with van der Waals surface area (Å²) in [7, 11) is 0. The molecule has 0 heterocycles. The lowest BCUT2D eigenvalue weighted by Crippen LogP contribution is -2.25. The minimum absolute atomic E-state index is 0. The van der Waals surface area contributed by atoms with E-state index in [1.54, 1.807) is 0 Å². The molecule has 0 atom stereocenters. The molecule has 1 aliphatic carbocycles. The van der Waals surface area contributed by atoms with E-state index in [9.17, 15) is 0 Å². The van der Waals surface area contributed by atoms with E-state index < -0.39 is 0 Å². The van der Waals surface area contributed by atoms with Crippen molar-refractivity contribution in [2.24, 2.45) is 0 Å². The van der Waals surface area contributed by atoms with Crippen molar-refractivity contribution >= 4 is 12.4 Å². The Morgan fingerprint density at radius 1 is 0.800 bits per heavy atom. The predicted molar refractivity (Wildman–Crippen MR) is 88.2 cm³/mol. The van der Waals surface area contributed by atoms with E-state index in [0.717, 1.165) is 12.6 Å². The van der Waals surface area contributed by atoms with E-state index in [0.29, 0.717) is 0 Å². The Labute approximate surface area is 127 Å². The van der Waals surface area contributed by atoms with Gasteiger partial charge in [-0.05, 0) is 29.5 Å². The third-order valence-electron chi connectivity index (χ3n) is 4.01. The van der Waals surface area contributed by atoms with Crippen LogP contribution in [0.4, 0.5) is 0 Å². The lowest BCUT2D eigenvalue weighted by molar-refractivity contribution is 0.524. The minimum Gasteiger partial charge on any atom is -0.310 e.